The molecule has 0 amide bonds. The van der Waals surface area contributed by atoms with E-state index in [1.165, 1.54) is 6.07 Å². The van der Waals surface area contributed by atoms with Crippen LogP contribution in [0.3, 0.4) is 0 Å². The maximum Gasteiger partial charge on any atom is 0.336 e. The number of carbonyl (C=O) groups is 2. The van der Waals surface area contributed by atoms with Gasteiger partial charge in [0.2, 0.25) is 0 Å². The third kappa shape index (κ3) is 4.60. The third-order valence-corrected chi connectivity index (χ3v) is 5.91. The number of carbonyl (C=O) groups excluding carboxylic acids is 2. The van der Waals surface area contributed by atoms with Crippen molar-refractivity contribution < 1.29 is 28.2 Å². The number of fused-ring (bicyclic) bond motifs is 2. The van der Waals surface area contributed by atoms with Crippen LogP contribution in [0.25, 0.3) is 11.0 Å². The van der Waals surface area contributed by atoms with Crippen LogP contribution in [0.5, 0.6) is 5.75 Å². The molecular formula is C24H30O7. The maximum absolute atomic E-state index is 12.7. The number of esters is 2. The van der Waals surface area contributed by atoms with Crippen molar-refractivity contribution >= 4 is 22.9 Å². The van der Waals surface area contributed by atoms with Crippen molar-refractivity contribution in [3.63, 3.8) is 0 Å². The van der Waals surface area contributed by atoms with Crippen LogP contribution in [0.4, 0.5) is 0 Å². The summed E-state index contributed by atoms with van der Waals surface area (Å²) in [5.41, 5.74) is -0.527. The summed E-state index contributed by atoms with van der Waals surface area (Å²) >= 11 is 0. The van der Waals surface area contributed by atoms with Crippen LogP contribution >= 0.6 is 0 Å². The highest BCUT2D eigenvalue weighted by atomic mass is 16.6. The molecule has 2 heterocycles. The van der Waals surface area contributed by atoms with E-state index in [0.29, 0.717) is 35.1 Å². The fourth-order valence-electron chi connectivity index (χ4n) is 3.42. The molecule has 31 heavy (non-hydrogen) atoms. The highest BCUT2D eigenvalue weighted by molar-refractivity contribution is 5.80. The fourth-order valence-corrected chi connectivity index (χ4v) is 3.42. The van der Waals surface area contributed by atoms with E-state index in [1.54, 1.807) is 45.9 Å². The Balaban J connectivity index is 2.02. The maximum atomic E-state index is 12.7. The highest BCUT2D eigenvalue weighted by Crippen LogP contribution is 2.46. The van der Waals surface area contributed by atoms with Crippen LogP contribution in [0, 0.1) is 11.8 Å². The van der Waals surface area contributed by atoms with Crippen LogP contribution in [0.1, 0.15) is 66.1 Å². The van der Waals surface area contributed by atoms with E-state index in [1.807, 2.05) is 13.8 Å². The second-order valence-corrected chi connectivity index (χ2v) is 8.72. The zero-order chi connectivity index (χ0) is 22.9. The average Bonchev–Trinajstić information content (AvgIpc) is 3.08. The molecule has 7 heteroatoms. The lowest BCUT2D eigenvalue weighted by atomic mass is 9.93. The van der Waals surface area contributed by atoms with E-state index in [2.05, 4.69) is 0 Å². The van der Waals surface area contributed by atoms with Gasteiger partial charge < -0.3 is 18.6 Å². The first-order chi connectivity index (χ1) is 14.6. The molecule has 1 aromatic heterocycles. The summed E-state index contributed by atoms with van der Waals surface area (Å²) in [5.74, 6) is -0.802. The van der Waals surface area contributed by atoms with E-state index in [0.717, 1.165) is 0 Å². The van der Waals surface area contributed by atoms with Crippen molar-refractivity contribution in [2.24, 2.45) is 11.8 Å². The number of hydrogen-bond acceptors (Lipinski definition) is 7. The van der Waals surface area contributed by atoms with Gasteiger partial charge in [0.15, 0.2) is 12.2 Å². The lowest BCUT2D eigenvalue weighted by molar-refractivity contribution is -0.182. The molecule has 4 atom stereocenters. The van der Waals surface area contributed by atoms with E-state index >= 15 is 0 Å². The standard InChI is InChI=1S/C24H30O7/c1-7-13(3)22(26)30-20-16-11-15-9-10-19(25)28-17(15)12-18(16)29-21(20)24(5,6)31-23(27)14(4)8-2/h9-14,20-21H,7-8H2,1-6H3/t13-,14+,20+,21+/m1/s1. The topological polar surface area (TPSA) is 92.0 Å². The van der Waals surface area contributed by atoms with Crippen molar-refractivity contribution in [2.75, 3.05) is 0 Å². The van der Waals surface area contributed by atoms with Gasteiger partial charge in [-0.1, -0.05) is 27.7 Å². The number of hydrogen-bond donors (Lipinski definition) is 0. The molecule has 168 valence electrons. The molecule has 0 unspecified atom stereocenters. The molecule has 3 rings (SSSR count). The van der Waals surface area contributed by atoms with Gasteiger partial charge in [-0.2, -0.15) is 0 Å². The monoisotopic (exact) mass is 430 g/mol. The Bertz CT molecular complexity index is 1040. The molecule has 0 fully saturated rings. The second-order valence-electron chi connectivity index (χ2n) is 8.72. The Morgan fingerprint density at radius 3 is 2.35 bits per heavy atom. The van der Waals surface area contributed by atoms with E-state index in [4.69, 9.17) is 18.6 Å². The Morgan fingerprint density at radius 2 is 1.71 bits per heavy atom. The van der Waals surface area contributed by atoms with Gasteiger partial charge >= 0.3 is 17.6 Å². The summed E-state index contributed by atoms with van der Waals surface area (Å²) in [6, 6.07) is 6.38. The molecule has 0 bridgehead atoms. The minimum Gasteiger partial charge on any atom is -0.481 e. The van der Waals surface area contributed by atoms with Crippen LogP contribution in [0.2, 0.25) is 0 Å². The minimum absolute atomic E-state index is 0.263. The molecule has 1 aliphatic heterocycles. The van der Waals surface area contributed by atoms with Gasteiger partial charge in [-0.05, 0) is 38.8 Å². The fraction of sp³-hybridized carbons (Fsp3) is 0.542. The molecule has 0 radical (unpaired) electrons. The summed E-state index contributed by atoms with van der Waals surface area (Å²) in [4.78, 5) is 36.8. The summed E-state index contributed by atoms with van der Waals surface area (Å²) in [5, 5.41) is 0.682. The average molecular weight is 430 g/mol. The Labute approximate surface area is 181 Å². The van der Waals surface area contributed by atoms with Gasteiger partial charge in [0, 0.05) is 23.1 Å². The van der Waals surface area contributed by atoms with Gasteiger partial charge in [-0.15, -0.1) is 0 Å². The SMILES string of the molecule is CC[C@@H](C)C(=O)O[C@H]1c2cc3ccc(=O)oc3cc2O[C@@H]1C(C)(C)OC(=O)[C@@H](C)CC. The van der Waals surface area contributed by atoms with Crippen LogP contribution in [0.15, 0.2) is 33.5 Å². The zero-order valence-electron chi connectivity index (χ0n) is 18.9. The predicted octanol–water partition coefficient (Wildman–Crippen LogP) is 4.55. The first-order valence-corrected chi connectivity index (χ1v) is 10.7. The van der Waals surface area contributed by atoms with Crippen molar-refractivity contribution in [2.45, 2.75) is 72.2 Å². The third-order valence-electron chi connectivity index (χ3n) is 5.91. The van der Waals surface area contributed by atoms with Crippen LogP contribution < -0.4 is 10.4 Å². The predicted molar refractivity (Wildman–Crippen MR) is 115 cm³/mol. The smallest absolute Gasteiger partial charge is 0.336 e. The molecule has 0 aliphatic carbocycles. The van der Waals surface area contributed by atoms with E-state index in [9.17, 15) is 14.4 Å². The second kappa shape index (κ2) is 8.73. The number of benzene rings is 1. The Hall–Kier alpha value is -2.83. The highest BCUT2D eigenvalue weighted by Gasteiger charge is 2.49. The number of ether oxygens (including phenoxy) is 3. The van der Waals surface area contributed by atoms with Crippen LogP contribution in [-0.2, 0) is 19.1 Å². The first-order valence-electron chi connectivity index (χ1n) is 10.7. The van der Waals surface area contributed by atoms with Crippen LogP contribution in [-0.4, -0.2) is 23.6 Å². The first kappa shape index (κ1) is 22.8. The number of rotatable bonds is 7. The molecular weight excluding hydrogens is 400 g/mol. The summed E-state index contributed by atoms with van der Waals surface area (Å²) in [6.07, 6.45) is -0.240. The largest absolute Gasteiger partial charge is 0.481 e. The van der Waals surface area contributed by atoms with Crippen molar-refractivity contribution in [3.8, 4) is 5.75 Å². The summed E-state index contributed by atoms with van der Waals surface area (Å²) in [7, 11) is 0. The molecule has 1 aromatic carbocycles. The molecule has 2 aromatic rings. The molecule has 0 saturated carbocycles. The zero-order valence-corrected chi connectivity index (χ0v) is 18.9. The Morgan fingerprint density at radius 1 is 1.06 bits per heavy atom. The minimum atomic E-state index is -1.08. The molecule has 0 spiro atoms. The van der Waals surface area contributed by atoms with E-state index in [-0.39, 0.29) is 23.8 Å². The van der Waals surface area contributed by atoms with Crippen molar-refractivity contribution in [1.82, 2.24) is 0 Å². The lowest BCUT2D eigenvalue weighted by Gasteiger charge is -2.34. The van der Waals surface area contributed by atoms with E-state index < -0.39 is 23.4 Å². The quantitative estimate of drug-likeness (QED) is 0.470. The van der Waals surface area contributed by atoms with Gasteiger partial charge in [0.1, 0.15) is 16.9 Å². The van der Waals surface area contributed by atoms with Crippen molar-refractivity contribution in [3.05, 3.63) is 40.2 Å². The van der Waals surface area contributed by atoms with Gasteiger partial charge in [0.25, 0.3) is 0 Å². The molecule has 0 saturated heterocycles. The normalized spacial score (nSPS) is 19.9. The van der Waals surface area contributed by atoms with Crippen molar-refractivity contribution in [1.29, 1.82) is 0 Å². The molecule has 0 N–H and O–H groups in total. The summed E-state index contributed by atoms with van der Waals surface area (Å²) in [6.45, 7) is 10.9. The van der Waals surface area contributed by atoms with Gasteiger partial charge in [0.05, 0.1) is 11.8 Å². The Kier molecular flexibility index (Phi) is 6.43. The summed E-state index contributed by atoms with van der Waals surface area (Å²) < 4.78 is 23.1. The lowest BCUT2D eigenvalue weighted by Crippen LogP contribution is -2.47. The molecule has 7 nitrogen and oxygen atoms in total. The molecule has 1 aliphatic rings. The van der Waals surface area contributed by atoms with Gasteiger partial charge in [-0.25, -0.2) is 4.79 Å². The van der Waals surface area contributed by atoms with Gasteiger partial charge in [-0.3, -0.25) is 9.59 Å².